The van der Waals surface area contributed by atoms with E-state index in [1.165, 1.54) is 11.8 Å². The van der Waals surface area contributed by atoms with E-state index in [-0.39, 0.29) is 5.91 Å². The maximum atomic E-state index is 11.8. The van der Waals surface area contributed by atoms with E-state index in [9.17, 15) is 4.79 Å². The van der Waals surface area contributed by atoms with E-state index in [0.29, 0.717) is 23.3 Å². The van der Waals surface area contributed by atoms with E-state index < -0.39 is 0 Å². The average molecular weight is 283 g/mol. The normalized spacial score (nSPS) is 10.3. The van der Waals surface area contributed by atoms with Gasteiger partial charge in [-0.25, -0.2) is 9.97 Å². The van der Waals surface area contributed by atoms with E-state index in [0.717, 1.165) is 13.0 Å². The third-order valence-corrected chi connectivity index (χ3v) is 3.08. The van der Waals surface area contributed by atoms with Crippen LogP contribution in [0.1, 0.15) is 13.3 Å². The van der Waals surface area contributed by atoms with Crippen molar-refractivity contribution in [2.24, 2.45) is 0 Å². The monoisotopic (exact) mass is 283 g/mol. The van der Waals surface area contributed by atoms with E-state index in [1.807, 2.05) is 11.2 Å². The van der Waals surface area contributed by atoms with Crippen molar-refractivity contribution in [1.82, 2.24) is 14.9 Å². The molecule has 1 aromatic rings. The maximum absolute atomic E-state index is 11.8. The van der Waals surface area contributed by atoms with Crippen molar-refractivity contribution in [3.8, 4) is 0 Å². The highest BCUT2D eigenvalue weighted by Crippen LogP contribution is 2.19. The van der Waals surface area contributed by atoms with Gasteiger partial charge in [0.2, 0.25) is 5.91 Å². The SMILES string of the molecule is CCCN(CC(=O)N(C)C)c1cc(N)nc(SC)n1. The highest BCUT2D eigenvalue weighted by molar-refractivity contribution is 7.98. The second-order valence-electron chi connectivity index (χ2n) is 4.35. The molecule has 1 aromatic heterocycles. The molecule has 1 rings (SSSR count). The molecule has 6 nitrogen and oxygen atoms in total. The Bertz CT molecular complexity index is 438. The zero-order valence-corrected chi connectivity index (χ0v) is 12.7. The summed E-state index contributed by atoms with van der Waals surface area (Å²) < 4.78 is 0. The van der Waals surface area contributed by atoms with Gasteiger partial charge in [0, 0.05) is 26.7 Å². The molecule has 0 atom stereocenters. The highest BCUT2D eigenvalue weighted by atomic mass is 32.2. The minimum atomic E-state index is 0.0383. The Labute approximate surface area is 118 Å². The fourth-order valence-corrected chi connectivity index (χ4v) is 1.91. The molecule has 0 bridgehead atoms. The summed E-state index contributed by atoms with van der Waals surface area (Å²) in [7, 11) is 3.49. The number of hydrogen-bond acceptors (Lipinski definition) is 6. The molecule has 0 fully saturated rings. The van der Waals surface area contributed by atoms with Crippen molar-refractivity contribution in [2.45, 2.75) is 18.5 Å². The lowest BCUT2D eigenvalue weighted by atomic mass is 10.3. The van der Waals surface area contributed by atoms with E-state index in [1.54, 1.807) is 25.1 Å². The largest absolute Gasteiger partial charge is 0.383 e. The number of carbonyl (C=O) groups is 1. The summed E-state index contributed by atoms with van der Waals surface area (Å²) in [4.78, 5) is 23.9. The number of aromatic nitrogens is 2. The minimum Gasteiger partial charge on any atom is -0.383 e. The van der Waals surface area contributed by atoms with Gasteiger partial charge in [-0.2, -0.15) is 0 Å². The highest BCUT2D eigenvalue weighted by Gasteiger charge is 2.15. The number of likely N-dealkylation sites (N-methyl/N-ethyl adjacent to an activating group) is 1. The van der Waals surface area contributed by atoms with E-state index in [2.05, 4.69) is 16.9 Å². The summed E-state index contributed by atoms with van der Waals surface area (Å²) in [6, 6.07) is 1.71. The summed E-state index contributed by atoms with van der Waals surface area (Å²) in [5.74, 6) is 1.16. The maximum Gasteiger partial charge on any atom is 0.241 e. The van der Waals surface area contributed by atoms with Crippen molar-refractivity contribution < 1.29 is 4.79 Å². The molecule has 0 spiro atoms. The number of nitrogens with zero attached hydrogens (tertiary/aromatic N) is 4. The van der Waals surface area contributed by atoms with Crippen molar-refractivity contribution in [1.29, 1.82) is 0 Å². The Morgan fingerprint density at radius 2 is 2.11 bits per heavy atom. The van der Waals surface area contributed by atoms with Crippen molar-refractivity contribution in [3.05, 3.63) is 6.07 Å². The number of thioether (sulfide) groups is 1. The molecule has 1 heterocycles. The Kier molecular flexibility index (Phi) is 5.88. The zero-order valence-electron chi connectivity index (χ0n) is 11.9. The van der Waals surface area contributed by atoms with E-state index >= 15 is 0 Å². The molecule has 0 saturated carbocycles. The lowest BCUT2D eigenvalue weighted by Crippen LogP contribution is -2.37. The van der Waals surface area contributed by atoms with Crippen LogP contribution in [0.5, 0.6) is 0 Å². The molecule has 0 aliphatic heterocycles. The Hall–Kier alpha value is -1.50. The molecule has 0 aromatic carbocycles. The van der Waals surface area contributed by atoms with Gasteiger partial charge in [-0.15, -0.1) is 0 Å². The van der Waals surface area contributed by atoms with Crippen molar-refractivity contribution >= 4 is 29.3 Å². The van der Waals surface area contributed by atoms with Crippen LogP contribution in [0.2, 0.25) is 0 Å². The van der Waals surface area contributed by atoms with Crippen LogP contribution in [0.4, 0.5) is 11.6 Å². The molecule has 0 aliphatic carbocycles. The van der Waals surface area contributed by atoms with Crippen LogP contribution in [0, 0.1) is 0 Å². The predicted molar refractivity (Wildman–Crippen MR) is 79.4 cm³/mol. The number of carbonyl (C=O) groups excluding carboxylic acids is 1. The zero-order chi connectivity index (χ0) is 14.4. The number of anilines is 2. The van der Waals surface area contributed by atoms with E-state index in [4.69, 9.17) is 5.73 Å². The summed E-state index contributed by atoms with van der Waals surface area (Å²) in [6.45, 7) is 3.11. The number of nitrogens with two attached hydrogens (primary N) is 1. The van der Waals surface area contributed by atoms with Gasteiger partial charge in [-0.1, -0.05) is 18.7 Å². The van der Waals surface area contributed by atoms with Crippen LogP contribution in [0.25, 0.3) is 0 Å². The summed E-state index contributed by atoms with van der Waals surface area (Å²) in [5, 5.41) is 0.619. The van der Waals surface area contributed by atoms with Gasteiger partial charge >= 0.3 is 0 Å². The summed E-state index contributed by atoms with van der Waals surface area (Å²) in [6.07, 6.45) is 2.83. The number of rotatable bonds is 6. The smallest absolute Gasteiger partial charge is 0.241 e. The number of nitrogen functional groups attached to an aromatic ring is 1. The fourth-order valence-electron chi connectivity index (χ4n) is 1.53. The number of amides is 1. The van der Waals surface area contributed by atoms with Crippen molar-refractivity contribution in [2.75, 3.05) is 44.1 Å². The Balaban J connectivity index is 2.97. The molecule has 1 amide bonds. The molecule has 106 valence electrons. The summed E-state index contributed by atoms with van der Waals surface area (Å²) in [5.41, 5.74) is 5.77. The summed E-state index contributed by atoms with van der Waals surface area (Å²) >= 11 is 1.43. The fraction of sp³-hybridized carbons (Fsp3) is 0.583. The van der Waals surface area contributed by atoms with Crippen LogP contribution in [-0.4, -0.2) is 54.2 Å². The third-order valence-electron chi connectivity index (χ3n) is 2.54. The van der Waals surface area contributed by atoms with Gasteiger partial charge in [0.1, 0.15) is 11.6 Å². The minimum absolute atomic E-state index is 0.0383. The van der Waals surface area contributed by atoms with Gasteiger partial charge < -0.3 is 15.5 Å². The molecule has 19 heavy (non-hydrogen) atoms. The van der Waals surface area contributed by atoms with Gasteiger partial charge in [0.05, 0.1) is 6.54 Å². The topological polar surface area (TPSA) is 75.4 Å². The third kappa shape index (κ3) is 4.59. The molecular formula is C12H21N5OS. The lowest BCUT2D eigenvalue weighted by Gasteiger charge is -2.24. The van der Waals surface area contributed by atoms with Crippen molar-refractivity contribution in [3.63, 3.8) is 0 Å². The van der Waals surface area contributed by atoms with Crippen LogP contribution in [0.3, 0.4) is 0 Å². The van der Waals surface area contributed by atoms with Gasteiger partial charge in [0.25, 0.3) is 0 Å². The molecular weight excluding hydrogens is 262 g/mol. The molecule has 0 radical (unpaired) electrons. The first-order valence-electron chi connectivity index (χ1n) is 6.11. The molecule has 2 N–H and O–H groups in total. The standard InChI is InChI=1S/C12H21N5OS/c1-5-6-17(8-11(18)16(2)3)10-7-9(13)14-12(15-10)19-4/h7H,5-6,8H2,1-4H3,(H2,13,14,15). The predicted octanol–water partition coefficient (Wildman–Crippen LogP) is 1.09. The van der Waals surface area contributed by atoms with Gasteiger partial charge in [0.15, 0.2) is 5.16 Å². The van der Waals surface area contributed by atoms with Crippen LogP contribution < -0.4 is 10.6 Å². The van der Waals surface area contributed by atoms with Gasteiger partial charge in [-0.3, -0.25) is 4.79 Å². The first-order chi connectivity index (χ1) is 8.97. The lowest BCUT2D eigenvalue weighted by molar-refractivity contribution is -0.127. The first-order valence-corrected chi connectivity index (χ1v) is 7.34. The van der Waals surface area contributed by atoms with Crippen LogP contribution in [-0.2, 0) is 4.79 Å². The first kappa shape index (κ1) is 15.6. The second kappa shape index (κ2) is 7.18. The van der Waals surface area contributed by atoms with Gasteiger partial charge in [-0.05, 0) is 12.7 Å². The molecule has 0 saturated heterocycles. The number of hydrogen-bond donors (Lipinski definition) is 1. The second-order valence-corrected chi connectivity index (χ2v) is 5.12. The molecule has 0 unspecified atom stereocenters. The quantitative estimate of drug-likeness (QED) is 0.622. The molecule has 0 aliphatic rings. The Morgan fingerprint density at radius 3 is 2.63 bits per heavy atom. The van der Waals surface area contributed by atoms with Crippen LogP contribution in [0.15, 0.2) is 11.2 Å². The van der Waals surface area contributed by atoms with Crippen LogP contribution >= 0.6 is 11.8 Å². The Morgan fingerprint density at radius 1 is 1.42 bits per heavy atom. The average Bonchev–Trinajstić information content (AvgIpc) is 2.37. The molecule has 7 heteroatoms.